The van der Waals surface area contributed by atoms with Gasteiger partial charge in [-0.05, 0) is 48.7 Å². The molecular formula is C22H25Cl2N3O4S. The molecule has 2 fully saturated rings. The SMILES string of the molecule is O=C(Cc1ccc(Cl)cc1Cl)Nc1cc(S(=O)(=O)N2CCOCC2)ccc1N1CCCC1. The van der Waals surface area contributed by atoms with E-state index in [1.54, 1.807) is 36.4 Å². The molecule has 4 rings (SSSR count). The molecule has 7 nitrogen and oxygen atoms in total. The maximum Gasteiger partial charge on any atom is 0.243 e. The molecular weight excluding hydrogens is 473 g/mol. The first-order valence-corrected chi connectivity index (χ1v) is 12.7. The van der Waals surface area contributed by atoms with Crippen LogP contribution >= 0.6 is 23.2 Å². The van der Waals surface area contributed by atoms with Gasteiger partial charge in [0.2, 0.25) is 15.9 Å². The number of amides is 1. The predicted octanol–water partition coefficient (Wildman–Crippen LogP) is 3.80. The van der Waals surface area contributed by atoms with Crippen LogP contribution in [0.4, 0.5) is 11.4 Å². The molecule has 32 heavy (non-hydrogen) atoms. The highest BCUT2D eigenvalue weighted by Crippen LogP contribution is 2.33. The molecule has 2 aromatic carbocycles. The topological polar surface area (TPSA) is 79.0 Å². The van der Waals surface area contributed by atoms with Crippen LogP contribution in [0.1, 0.15) is 18.4 Å². The van der Waals surface area contributed by atoms with Crippen LogP contribution < -0.4 is 10.2 Å². The maximum absolute atomic E-state index is 13.1. The second-order valence-electron chi connectivity index (χ2n) is 7.85. The van der Waals surface area contributed by atoms with Gasteiger partial charge in [-0.3, -0.25) is 4.79 Å². The van der Waals surface area contributed by atoms with Gasteiger partial charge in [0.25, 0.3) is 0 Å². The first-order chi connectivity index (χ1) is 15.3. The van der Waals surface area contributed by atoms with Crippen molar-refractivity contribution in [2.75, 3.05) is 49.6 Å². The van der Waals surface area contributed by atoms with Gasteiger partial charge >= 0.3 is 0 Å². The van der Waals surface area contributed by atoms with Gasteiger partial charge in [0, 0.05) is 36.2 Å². The monoisotopic (exact) mass is 497 g/mol. The van der Waals surface area contributed by atoms with E-state index in [-0.39, 0.29) is 17.2 Å². The highest BCUT2D eigenvalue weighted by Gasteiger charge is 2.28. The minimum atomic E-state index is -3.68. The Bertz CT molecular complexity index is 1100. The number of halogens is 2. The molecule has 0 aliphatic carbocycles. The Hall–Kier alpha value is -1.84. The number of rotatable bonds is 6. The molecule has 0 radical (unpaired) electrons. The van der Waals surface area contributed by atoms with Crippen molar-refractivity contribution in [1.82, 2.24) is 4.31 Å². The van der Waals surface area contributed by atoms with E-state index in [4.69, 9.17) is 27.9 Å². The number of ether oxygens (including phenoxy) is 1. The van der Waals surface area contributed by atoms with Crippen LogP contribution in [0.3, 0.4) is 0 Å². The van der Waals surface area contributed by atoms with Crippen molar-refractivity contribution in [1.29, 1.82) is 0 Å². The Morgan fingerprint density at radius 3 is 2.41 bits per heavy atom. The zero-order valence-corrected chi connectivity index (χ0v) is 19.8. The number of nitrogens with one attached hydrogen (secondary N) is 1. The molecule has 2 aliphatic heterocycles. The predicted molar refractivity (Wildman–Crippen MR) is 126 cm³/mol. The van der Waals surface area contributed by atoms with Gasteiger partial charge in [-0.15, -0.1) is 0 Å². The van der Waals surface area contributed by atoms with Gasteiger partial charge in [-0.2, -0.15) is 4.31 Å². The number of hydrogen-bond acceptors (Lipinski definition) is 5. The lowest BCUT2D eigenvalue weighted by Gasteiger charge is -2.27. The van der Waals surface area contributed by atoms with E-state index in [1.165, 1.54) is 4.31 Å². The number of sulfonamides is 1. The van der Waals surface area contributed by atoms with E-state index < -0.39 is 10.0 Å². The number of benzene rings is 2. The normalized spacial score (nSPS) is 17.5. The summed E-state index contributed by atoms with van der Waals surface area (Å²) >= 11 is 12.2. The molecule has 1 amide bonds. The molecule has 2 heterocycles. The Labute approximate surface area is 198 Å². The molecule has 0 unspecified atom stereocenters. The lowest BCUT2D eigenvalue weighted by molar-refractivity contribution is -0.115. The second-order valence-corrected chi connectivity index (χ2v) is 10.6. The molecule has 172 valence electrons. The molecule has 0 saturated carbocycles. The van der Waals surface area contributed by atoms with Crippen molar-refractivity contribution < 1.29 is 17.9 Å². The number of carbonyl (C=O) groups is 1. The minimum absolute atomic E-state index is 0.0515. The van der Waals surface area contributed by atoms with Crippen LogP contribution in [-0.4, -0.2) is 58.0 Å². The summed E-state index contributed by atoms with van der Waals surface area (Å²) in [5, 5.41) is 3.82. The van der Waals surface area contributed by atoms with Gasteiger partial charge in [-0.1, -0.05) is 29.3 Å². The van der Waals surface area contributed by atoms with Crippen molar-refractivity contribution >= 4 is 50.5 Å². The fraction of sp³-hybridized carbons (Fsp3) is 0.409. The van der Waals surface area contributed by atoms with Crippen LogP contribution in [0.15, 0.2) is 41.3 Å². The fourth-order valence-electron chi connectivity index (χ4n) is 3.98. The molecule has 10 heteroatoms. The zero-order valence-electron chi connectivity index (χ0n) is 17.5. The number of hydrogen-bond donors (Lipinski definition) is 1. The summed E-state index contributed by atoms with van der Waals surface area (Å²) in [6.07, 6.45) is 2.17. The summed E-state index contributed by atoms with van der Waals surface area (Å²) in [5.41, 5.74) is 1.95. The first-order valence-electron chi connectivity index (χ1n) is 10.6. The minimum Gasteiger partial charge on any atom is -0.379 e. The van der Waals surface area contributed by atoms with E-state index in [2.05, 4.69) is 10.2 Å². The number of carbonyl (C=O) groups excluding carboxylic acids is 1. The summed E-state index contributed by atoms with van der Waals surface area (Å²) in [6.45, 7) is 3.09. The fourth-order valence-corrected chi connectivity index (χ4v) is 5.89. The van der Waals surface area contributed by atoms with Crippen molar-refractivity contribution in [3.8, 4) is 0 Å². The highest BCUT2D eigenvalue weighted by molar-refractivity contribution is 7.89. The lowest BCUT2D eigenvalue weighted by atomic mass is 10.1. The van der Waals surface area contributed by atoms with Crippen molar-refractivity contribution in [3.63, 3.8) is 0 Å². The summed E-state index contributed by atoms with van der Waals surface area (Å²) < 4.78 is 33.0. The van der Waals surface area contributed by atoms with E-state index in [9.17, 15) is 13.2 Å². The third-order valence-corrected chi connectivity index (χ3v) is 8.14. The van der Waals surface area contributed by atoms with Crippen LogP contribution in [0.25, 0.3) is 0 Å². The van der Waals surface area contributed by atoms with Crippen LogP contribution in [0.2, 0.25) is 10.0 Å². The van der Waals surface area contributed by atoms with Gasteiger partial charge < -0.3 is 15.0 Å². The van der Waals surface area contributed by atoms with Crippen LogP contribution in [0.5, 0.6) is 0 Å². The number of anilines is 2. The summed E-state index contributed by atoms with van der Waals surface area (Å²) in [7, 11) is -3.68. The average Bonchev–Trinajstić information content (AvgIpc) is 3.31. The molecule has 0 spiro atoms. The molecule has 2 aromatic rings. The van der Waals surface area contributed by atoms with E-state index >= 15 is 0 Å². The third-order valence-electron chi connectivity index (χ3n) is 5.66. The molecule has 2 saturated heterocycles. The third kappa shape index (κ3) is 5.21. The zero-order chi connectivity index (χ0) is 22.7. The summed E-state index contributed by atoms with van der Waals surface area (Å²) in [4.78, 5) is 15.2. The van der Waals surface area contributed by atoms with Crippen molar-refractivity contribution in [3.05, 3.63) is 52.0 Å². The van der Waals surface area contributed by atoms with Crippen LogP contribution in [-0.2, 0) is 26.0 Å². The van der Waals surface area contributed by atoms with E-state index in [0.717, 1.165) is 31.6 Å². The maximum atomic E-state index is 13.1. The Balaban J connectivity index is 1.61. The molecule has 1 N–H and O–H groups in total. The standard InChI is InChI=1S/C22H25Cl2N3O4S/c23-17-4-3-16(19(24)14-17)13-22(28)25-20-15-18(5-6-21(20)26-7-1-2-8-26)32(29,30)27-9-11-31-12-10-27/h3-6,14-15H,1-2,7-13H2,(H,25,28). The molecule has 2 aliphatic rings. The molecule has 0 atom stereocenters. The lowest BCUT2D eigenvalue weighted by Crippen LogP contribution is -2.40. The first kappa shape index (κ1) is 23.3. The molecule has 0 aromatic heterocycles. The average molecular weight is 498 g/mol. The van der Waals surface area contributed by atoms with Gasteiger partial charge in [0.1, 0.15) is 0 Å². The second kappa shape index (κ2) is 9.97. The Kier molecular flexibility index (Phi) is 7.27. The largest absolute Gasteiger partial charge is 0.379 e. The quantitative estimate of drug-likeness (QED) is 0.656. The Morgan fingerprint density at radius 2 is 1.72 bits per heavy atom. The summed E-state index contributed by atoms with van der Waals surface area (Å²) in [6, 6.07) is 9.94. The van der Waals surface area contributed by atoms with Crippen molar-refractivity contribution in [2.24, 2.45) is 0 Å². The van der Waals surface area contributed by atoms with Gasteiger partial charge in [0.05, 0.1) is 35.9 Å². The molecule has 0 bridgehead atoms. The van der Waals surface area contributed by atoms with Gasteiger partial charge in [0.15, 0.2) is 0 Å². The summed E-state index contributed by atoms with van der Waals surface area (Å²) in [5.74, 6) is -0.282. The van der Waals surface area contributed by atoms with Crippen LogP contribution in [0, 0.1) is 0 Å². The Morgan fingerprint density at radius 1 is 1.00 bits per heavy atom. The number of morpholine rings is 1. The van der Waals surface area contributed by atoms with Crippen molar-refractivity contribution in [2.45, 2.75) is 24.2 Å². The highest BCUT2D eigenvalue weighted by atomic mass is 35.5. The number of nitrogens with zero attached hydrogens (tertiary/aromatic N) is 2. The van der Waals surface area contributed by atoms with E-state index in [0.29, 0.717) is 47.6 Å². The smallest absolute Gasteiger partial charge is 0.243 e. The van der Waals surface area contributed by atoms with Gasteiger partial charge in [-0.25, -0.2) is 8.42 Å². The van der Waals surface area contributed by atoms with E-state index in [1.807, 2.05) is 0 Å².